The number of anilines is 2. The maximum atomic E-state index is 6.10. The molecule has 0 unspecified atom stereocenters. The van der Waals surface area contributed by atoms with Crippen molar-refractivity contribution < 1.29 is 4.74 Å². The molecule has 0 spiro atoms. The quantitative estimate of drug-likeness (QED) is 0.799. The van der Waals surface area contributed by atoms with Crippen molar-refractivity contribution in [2.75, 3.05) is 30.8 Å². The van der Waals surface area contributed by atoms with Gasteiger partial charge in [-0.3, -0.25) is 0 Å². The van der Waals surface area contributed by atoms with Crippen LogP contribution < -0.4 is 15.4 Å². The van der Waals surface area contributed by atoms with Crippen LogP contribution in [0.15, 0.2) is 18.2 Å². The van der Waals surface area contributed by atoms with Crippen LogP contribution in [0.25, 0.3) is 0 Å². The summed E-state index contributed by atoms with van der Waals surface area (Å²) >= 11 is 0. The Labute approximate surface area is 104 Å². The first-order valence-corrected chi connectivity index (χ1v) is 6.50. The van der Waals surface area contributed by atoms with Crippen molar-refractivity contribution in [3.05, 3.63) is 18.2 Å². The zero-order valence-electron chi connectivity index (χ0n) is 10.6. The fraction of sp³-hybridized carbons (Fsp3) is 0.571. The third-order valence-corrected chi connectivity index (χ3v) is 3.43. The molecule has 1 aromatic rings. The number of nitrogens with zero attached hydrogens (tertiary/aromatic N) is 1. The van der Waals surface area contributed by atoms with Gasteiger partial charge in [0.1, 0.15) is 5.75 Å². The summed E-state index contributed by atoms with van der Waals surface area (Å²) in [7, 11) is 1.67. The number of methoxy groups -OCH3 is 1. The molecule has 1 fully saturated rings. The molecule has 1 saturated heterocycles. The third kappa shape index (κ3) is 3.05. The summed E-state index contributed by atoms with van der Waals surface area (Å²) < 4.78 is 5.18. The van der Waals surface area contributed by atoms with Gasteiger partial charge in [0.25, 0.3) is 0 Å². The summed E-state index contributed by atoms with van der Waals surface area (Å²) in [5.41, 5.74) is 8.08. The Morgan fingerprint density at radius 3 is 2.29 bits per heavy atom. The normalized spacial score (nSPS) is 17.4. The number of rotatable bonds is 2. The van der Waals surface area contributed by atoms with Crippen molar-refractivity contribution in [1.82, 2.24) is 0 Å². The van der Waals surface area contributed by atoms with Crippen LogP contribution in [0.5, 0.6) is 5.75 Å². The van der Waals surface area contributed by atoms with E-state index in [0.29, 0.717) is 0 Å². The molecule has 1 aromatic carbocycles. The number of nitrogen functional groups attached to an aromatic ring is 1. The van der Waals surface area contributed by atoms with E-state index in [1.165, 1.54) is 32.1 Å². The molecule has 3 heteroatoms. The largest absolute Gasteiger partial charge is 0.497 e. The van der Waals surface area contributed by atoms with E-state index in [1.807, 2.05) is 12.1 Å². The van der Waals surface area contributed by atoms with Crippen molar-refractivity contribution in [1.29, 1.82) is 0 Å². The van der Waals surface area contributed by atoms with E-state index in [2.05, 4.69) is 11.0 Å². The molecule has 94 valence electrons. The van der Waals surface area contributed by atoms with Crippen molar-refractivity contribution in [2.24, 2.45) is 0 Å². The minimum absolute atomic E-state index is 0.824. The van der Waals surface area contributed by atoms with E-state index in [9.17, 15) is 0 Å². The summed E-state index contributed by atoms with van der Waals surface area (Å²) in [6.07, 6.45) is 6.60. The number of nitrogens with two attached hydrogens (primary N) is 1. The summed E-state index contributed by atoms with van der Waals surface area (Å²) in [6.45, 7) is 2.24. The zero-order chi connectivity index (χ0) is 12.1. The Kier molecular flexibility index (Phi) is 4.13. The summed E-state index contributed by atoms with van der Waals surface area (Å²) in [5, 5.41) is 0. The molecule has 0 aliphatic carbocycles. The molecule has 2 rings (SSSR count). The number of ether oxygens (including phenoxy) is 1. The zero-order valence-corrected chi connectivity index (χ0v) is 10.6. The predicted octanol–water partition coefficient (Wildman–Crippen LogP) is 3.05. The molecule has 0 saturated carbocycles. The van der Waals surface area contributed by atoms with Gasteiger partial charge in [-0.1, -0.05) is 19.3 Å². The highest BCUT2D eigenvalue weighted by Crippen LogP contribution is 2.29. The first kappa shape index (κ1) is 12.1. The molecule has 2 N–H and O–H groups in total. The molecular weight excluding hydrogens is 212 g/mol. The first-order valence-electron chi connectivity index (χ1n) is 6.50. The van der Waals surface area contributed by atoms with Crippen LogP contribution >= 0.6 is 0 Å². The van der Waals surface area contributed by atoms with Gasteiger partial charge in [-0.2, -0.15) is 0 Å². The minimum Gasteiger partial charge on any atom is -0.497 e. The second-order valence-corrected chi connectivity index (χ2v) is 4.68. The summed E-state index contributed by atoms with van der Waals surface area (Å²) in [5.74, 6) is 0.832. The van der Waals surface area contributed by atoms with Gasteiger partial charge in [0.15, 0.2) is 0 Å². The standard InChI is InChI=1S/C14H22N2O/c1-17-12-7-8-14(13(15)11-12)16-9-5-3-2-4-6-10-16/h7-8,11H,2-6,9-10,15H2,1H3. The van der Waals surface area contributed by atoms with Gasteiger partial charge in [0, 0.05) is 19.2 Å². The maximum Gasteiger partial charge on any atom is 0.121 e. The van der Waals surface area contributed by atoms with Crippen LogP contribution in [0.3, 0.4) is 0 Å². The van der Waals surface area contributed by atoms with E-state index >= 15 is 0 Å². The highest BCUT2D eigenvalue weighted by molar-refractivity contribution is 5.69. The smallest absolute Gasteiger partial charge is 0.121 e. The molecule has 0 atom stereocenters. The van der Waals surface area contributed by atoms with Crippen LogP contribution in [-0.4, -0.2) is 20.2 Å². The van der Waals surface area contributed by atoms with Gasteiger partial charge in [-0.05, 0) is 25.0 Å². The lowest BCUT2D eigenvalue weighted by Crippen LogP contribution is -2.27. The predicted molar refractivity (Wildman–Crippen MR) is 72.7 cm³/mol. The summed E-state index contributed by atoms with van der Waals surface area (Å²) in [6, 6.07) is 5.98. The van der Waals surface area contributed by atoms with Gasteiger partial charge in [0.2, 0.25) is 0 Å². The second kappa shape index (κ2) is 5.80. The van der Waals surface area contributed by atoms with Gasteiger partial charge in [-0.15, -0.1) is 0 Å². The summed E-state index contributed by atoms with van der Waals surface area (Å²) in [4.78, 5) is 2.41. The molecule has 0 bridgehead atoms. The van der Waals surface area contributed by atoms with E-state index in [4.69, 9.17) is 10.5 Å². The molecule has 1 heterocycles. The minimum atomic E-state index is 0.824. The molecule has 17 heavy (non-hydrogen) atoms. The van der Waals surface area contributed by atoms with Crippen LogP contribution in [-0.2, 0) is 0 Å². The maximum absolute atomic E-state index is 6.10. The Morgan fingerprint density at radius 2 is 1.71 bits per heavy atom. The van der Waals surface area contributed by atoms with E-state index < -0.39 is 0 Å². The van der Waals surface area contributed by atoms with Crippen LogP contribution in [0.4, 0.5) is 11.4 Å². The van der Waals surface area contributed by atoms with Gasteiger partial charge in [0.05, 0.1) is 18.5 Å². The van der Waals surface area contributed by atoms with Gasteiger partial charge < -0.3 is 15.4 Å². The number of hydrogen-bond acceptors (Lipinski definition) is 3. The lowest BCUT2D eigenvalue weighted by atomic mass is 10.1. The SMILES string of the molecule is COc1ccc(N2CCCCCCC2)c(N)c1. The Bertz CT molecular complexity index is 357. The molecule has 0 amide bonds. The fourth-order valence-electron chi connectivity index (χ4n) is 2.44. The average Bonchev–Trinajstić information content (AvgIpc) is 2.29. The van der Waals surface area contributed by atoms with E-state index in [-0.39, 0.29) is 0 Å². The second-order valence-electron chi connectivity index (χ2n) is 4.68. The number of hydrogen-bond donors (Lipinski definition) is 1. The van der Waals surface area contributed by atoms with Crippen LogP contribution in [0, 0.1) is 0 Å². The van der Waals surface area contributed by atoms with Gasteiger partial charge >= 0.3 is 0 Å². The van der Waals surface area contributed by atoms with E-state index in [0.717, 1.165) is 30.2 Å². The molecule has 0 aromatic heterocycles. The highest BCUT2D eigenvalue weighted by Gasteiger charge is 2.12. The van der Waals surface area contributed by atoms with Crippen molar-refractivity contribution in [2.45, 2.75) is 32.1 Å². The van der Waals surface area contributed by atoms with Crippen LogP contribution in [0.2, 0.25) is 0 Å². The lowest BCUT2D eigenvalue weighted by molar-refractivity contribution is 0.415. The van der Waals surface area contributed by atoms with Gasteiger partial charge in [-0.25, -0.2) is 0 Å². The average molecular weight is 234 g/mol. The Morgan fingerprint density at radius 1 is 1.06 bits per heavy atom. The topological polar surface area (TPSA) is 38.5 Å². The fourth-order valence-corrected chi connectivity index (χ4v) is 2.44. The van der Waals surface area contributed by atoms with E-state index in [1.54, 1.807) is 7.11 Å². The monoisotopic (exact) mass is 234 g/mol. The molecule has 0 radical (unpaired) electrons. The molecule has 3 nitrogen and oxygen atoms in total. The van der Waals surface area contributed by atoms with Crippen molar-refractivity contribution >= 4 is 11.4 Å². The number of benzene rings is 1. The first-order chi connectivity index (χ1) is 8.31. The molecule has 1 aliphatic heterocycles. The molecule has 1 aliphatic rings. The van der Waals surface area contributed by atoms with Crippen LogP contribution in [0.1, 0.15) is 32.1 Å². The lowest BCUT2D eigenvalue weighted by Gasteiger charge is -2.28. The highest BCUT2D eigenvalue weighted by atomic mass is 16.5. The third-order valence-electron chi connectivity index (χ3n) is 3.43. The Hall–Kier alpha value is -1.38. The molecular formula is C14H22N2O. The Balaban J connectivity index is 2.13. The van der Waals surface area contributed by atoms with Crippen molar-refractivity contribution in [3.63, 3.8) is 0 Å². The van der Waals surface area contributed by atoms with Crippen molar-refractivity contribution in [3.8, 4) is 5.75 Å².